The molecule has 1 unspecified atom stereocenters. The maximum Gasteiger partial charge on any atom is 0.296 e. The predicted molar refractivity (Wildman–Crippen MR) is 128 cm³/mol. The van der Waals surface area contributed by atoms with E-state index in [0.29, 0.717) is 22.2 Å². The quantitative estimate of drug-likeness (QED) is 0.379. The summed E-state index contributed by atoms with van der Waals surface area (Å²) in [5, 5.41) is 10.9. The molecular formula is C25H17ClFN3O3S. The van der Waals surface area contributed by atoms with Gasteiger partial charge in [0.15, 0.2) is 16.7 Å². The normalized spacial score (nSPS) is 16.0. The van der Waals surface area contributed by atoms with Crippen LogP contribution in [0.4, 0.5) is 9.52 Å². The molecule has 1 N–H and O–H groups in total. The van der Waals surface area contributed by atoms with Gasteiger partial charge in [-0.1, -0.05) is 53.3 Å². The molecule has 1 atom stereocenters. The van der Waals surface area contributed by atoms with Crippen molar-refractivity contribution in [2.45, 2.75) is 18.9 Å². The van der Waals surface area contributed by atoms with Gasteiger partial charge >= 0.3 is 0 Å². The monoisotopic (exact) mass is 493 g/mol. The number of pyridine rings is 1. The first-order chi connectivity index (χ1) is 16.4. The van der Waals surface area contributed by atoms with Gasteiger partial charge in [0, 0.05) is 18.8 Å². The highest BCUT2D eigenvalue weighted by atomic mass is 35.5. The molecule has 1 aliphatic heterocycles. The number of ketones is 1. The molecule has 0 fully saturated rings. The minimum Gasteiger partial charge on any atom is -0.503 e. The number of anilines is 1. The number of carbonyl (C=O) groups excluding carboxylic acids is 2. The summed E-state index contributed by atoms with van der Waals surface area (Å²) in [5.74, 6) is -2.28. The average molecular weight is 494 g/mol. The van der Waals surface area contributed by atoms with Crippen molar-refractivity contribution < 1.29 is 19.1 Å². The van der Waals surface area contributed by atoms with Crippen molar-refractivity contribution in [1.82, 2.24) is 9.97 Å². The highest BCUT2D eigenvalue weighted by Crippen LogP contribution is 2.44. The number of aliphatic hydroxyl groups is 1. The number of hydrogen-bond acceptors (Lipinski definition) is 6. The van der Waals surface area contributed by atoms with E-state index in [0.717, 1.165) is 16.9 Å². The summed E-state index contributed by atoms with van der Waals surface area (Å²) in [7, 11) is 0. The third-order valence-corrected chi connectivity index (χ3v) is 6.95. The Labute approximate surface area is 203 Å². The van der Waals surface area contributed by atoms with Crippen molar-refractivity contribution in [3.05, 3.63) is 100 Å². The molecule has 2 aromatic carbocycles. The molecule has 0 radical (unpaired) electrons. The number of aliphatic hydroxyl groups excluding tert-OH is 1. The molecular weight excluding hydrogens is 477 g/mol. The number of hydrogen-bond donors (Lipinski definition) is 1. The number of nitrogens with zero attached hydrogens (tertiary/aromatic N) is 3. The number of aromatic nitrogens is 2. The SMILES string of the molecule is O=C(CCc1ccccc1)C1=C(O)C(=O)N(c2nc3cc(Cl)c(F)cc3s2)C1c1ccncc1. The summed E-state index contributed by atoms with van der Waals surface area (Å²) in [6, 6.07) is 14.6. The maximum absolute atomic E-state index is 14.0. The molecule has 0 bridgehead atoms. The van der Waals surface area contributed by atoms with E-state index in [2.05, 4.69) is 9.97 Å². The fraction of sp³-hybridized carbons (Fsp3) is 0.120. The van der Waals surface area contributed by atoms with Gasteiger partial charge in [0.2, 0.25) is 0 Å². The smallest absolute Gasteiger partial charge is 0.296 e. The van der Waals surface area contributed by atoms with Gasteiger partial charge in [-0.2, -0.15) is 0 Å². The van der Waals surface area contributed by atoms with Crippen LogP contribution in [0, 0.1) is 5.82 Å². The Kier molecular flexibility index (Phi) is 5.85. The first-order valence-electron chi connectivity index (χ1n) is 10.4. The molecule has 3 heterocycles. The van der Waals surface area contributed by atoms with Gasteiger partial charge < -0.3 is 5.11 Å². The maximum atomic E-state index is 14.0. The Morgan fingerprint density at radius 3 is 2.62 bits per heavy atom. The van der Waals surface area contributed by atoms with Crippen LogP contribution in [0.5, 0.6) is 0 Å². The zero-order valence-corrected chi connectivity index (χ0v) is 19.2. The number of Topliss-reactive ketones (excluding diaryl/α,β-unsaturated/α-hetero) is 1. The Hall–Kier alpha value is -3.62. The van der Waals surface area contributed by atoms with E-state index < -0.39 is 23.5 Å². The molecule has 0 aliphatic carbocycles. The lowest BCUT2D eigenvalue weighted by molar-refractivity contribution is -0.118. The number of benzene rings is 2. The predicted octanol–water partition coefficient (Wildman–Crippen LogP) is 5.59. The van der Waals surface area contributed by atoms with Gasteiger partial charge in [-0.15, -0.1) is 0 Å². The average Bonchev–Trinajstić information content (AvgIpc) is 3.36. The van der Waals surface area contributed by atoms with E-state index in [-0.39, 0.29) is 27.9 Å². The summed E-state index contributed by atoms with van der Waals surface area (Å²) in [6.45, 7) is 0. The first kappa shape index (κ1) is 22.2. The lowest BCUT2D eigenvalue weighted by atomic mass is 9.94. The number of rotatable bonds is 6. The fourth-order valence-corrected chi connectivity index (χ4v) is 5.16. The van der Waals surface area contributed by atoms with Crippen molar-refractivity contribution in [2.24, 2.45) is 0 Å². The summed E-state index contributed by atoms with van der Waals surface area (Å²) < 4.78 is 14.5. The molecule has 170 valence electrons. The Morgan fingerprint density at radius 2 is 1.88 bits per heavy atom. The zero-order valence-electron chi connectivity index (χ0n) is 17.6. The van der Waals surface area contributed by atoms with Gasteiger partial charge in [-0.25, -0.2) is 9.37 Å². The fourth-order valence-electron chi connectivity index (χ4n) is 4.00. The van der Waals surface area contributed by atoms with Crippen molar-refractivity contribution in [3.63, 3.8) is 0 Å². The van der Waals surface area contributed by atoms with Gasteiger partial charge in [-0.3, -0.25) is 19.5 Å². The van der Waals surface area contributed by atoms with Gasteiger partial charge in [0.25, 0.3) is 5.91 Å². The van der Waals surface area contributed by atoms with Crippen molar-refractivity contribution in [1.29, 1.82) is 0 Å². The topological polar surface area (TPSA) is 83.4 Å². The van der Waals surface area contributed by atoms with E-state index in [1.807, 2.05) is 30.3 Å². The van der Waals surface area contributed by atoms with Gasteiger partial charge in [0.05, 0.1) is 26.9 Å². The number of amides is 1. The Bertz CT molecular complexity index is 1400. The molecule has 6 nitrogen and oxygen atoms in total. The highest BCUT2D eigenvalue weighted by Gasteiger charge is 2.45. The largest absolute Gasteiger partial charge is 0.503 e. The summed E-state index contributed by atoms with van der Waals surface area (Å²) in [4.78, 5) is 36.2. The lowest BCUT2D eigenvalue weighted by Gasteiger charge is -2.24. The molecule has 0 saturated carbocycles. The summed E-state index contributed by atoms with van der Waals surface area (Å²) in [6.07, 6.45) is 3.68. The van der Waals surface area contributed by atoms with Crippen LogP contribution in [-0.4, -0.2) is 26.8 Å². The number of aryl methyl sites for hydroxylation is 1. The molecule has 2 aromatic heterocycles. The third kappa shape index (κ3) is 3.95. The van der Waals surface area contributed by atoms with Crippen LogP contribution in [0.25, 0.3) is 10.2 Å². The standard InChI is InChI=1S/C25H17ClFN3O3S/c26-16-12-18-20(13-17(16)27)34-25(29-18)30-22(15-8-10-28-11-9-15)21(23(32)24(30)33)19(31)7-6-14-4-2-1-3-5-14/h1-5,8-13,22,32H,6-7H2. The minimum absolute atomic E-state index is 0.00982. The van der Waals surface area contributed by atoms with Crippen LogP contribution < -0.4 is 4.90 Å². The number of carbonyl (C=O) groups is 2. The Morgan fingerprint density at radius 1 is 1.15 bits per heavy atom. The third-order valence-electron chi connectivity index (χ3n) is 5.64. The zero-order chi connectivity index (χ0) is 23.8. The Balaban J connectivity index is 1.55. The molecule has 1 amide bonds. The molecule has 34 heavy (non-hydrogen) atoms. The number of halogens is 2. The van der Waals surface area contributed by atoms with Gasteiger partial charge in [0.1, 0.15) is 5.82 Å². The van der Waals surface area contributed by atoms with Crippen LogP contribution >= 0.6 is 22.9 Å². The van der Waals surface area contributed by atoms with Crippen LogP contribution in [0.2, 0.25) is 5.02 Å². The molecule has 1 aliphatic rings. The minimum atomic E-state index is -0.889. The molecule has 0 spiro atoms. The van der Waals surface area contributed by atoms with E-state index >= 15 is 0 Å². The van der Waals surface area contributed by atoms with E-state index in [4.69, 9.17) is 11.6 Å². The van der Waals surface area contributed by atoms with Crippen LogP contribution in [-0.2, 0) is 16.0 Å². The lowest BCUT2D eigenvalue weighted by Crippen LogP contribution is -2.31. The van der Waals surface area contributed by atoms with Crippen LogP contribution in [0.3, 0.4) is 0 Å². The van der Waals surface area contributed by atoms with Gasteiger partial charge in [-0.05, 0) is 41.8 Å². The first-order valence-corrected chi connectivity index (χ1v) is 11.6. The van der Waals surface area contributed by atoms with Crippen molar-refractivity contribution >= 4 is 50.0 Å². The summed E-state index contributed by atoms with van der Waals surface area (Å²) in [5.41, 5.74) is 1.99. The molecule has 4 aromatic rings. The second kappa shape index (κ2) is 8.96. The molecule has 9 heteroatoms. The van der Waals surface area contributed by atoms with Crippen molar-refractivity contribution in [3.8, 4) is 0 Å². The van der Waals surface area contributed by atoms with Crippen molar-refractivity contribution in [2.75, 3.05) is 4.90 Å². The number of fused-ring (bicyclic) bond motifs is 1. The van der Waals surface area contributed by atoms with E-state index in [9.17, 15) is 19.1 Å². The number of thiazole rings is 1. The van der Waals surface area contributed by atoms with Crippen LogP contribution in [0.1, 0.15) is 23.6 Å². The van der Waals surface area contributed by atoms with E-state index in [1.54, 1.807) is 24.5 Å². The molecule has 0 saturated heterocycles. The highest BCUT2D eigenvalue weighted by molar-refractivity contribution is 7.22. The second-order valence-electron chi connectivity index (χ2n) is 7.76. The molecule has 5 rings (SSSR count). The second-order valence-corrected chi connectivity index (χ2v) is 9.18. The van der Waals surface area contributed by atoms with Crippen LogP contribution in [0.15, 0.2) is 78.3 Å². The summed E-state index contributed by atoms with van der Waals surface area (Å²) >= 11 is 6.97. The van der Waals surface area contributed by atoms with E-state index in [1.165, 1.54) is 17.0 Å².